The third-order valence-corrected chi connectivity index (χ3v) is 5.61. The number of anilines is 1. The summed E-state index contributed by atoms with van der Waals surface area (Å²) in [5, 5.41) is 11.6. The zero-order valence-electron chi connectivity index (χ0n) is 15.2. The summed E-state index contributed by atoms with van der Waals surface area (Å²) in [6.45, 7) is 2.23. The molecule has 0 unspecified atom stereocenters. The minimum atomic E-state index is -0.303. The molecule has 0 spiro atoms. The van der Waals surface area contributed by atoms with E-state index >= 15 is 0 Å². The molecule has 0 fully saturated rings. The van der Waals surface area contributed by atoms with Gasteiger partial charge in [0.2, 0.25) is 5.91 Å². The highest BCUT2D eigenvalue weighted by molar-refractivity contribution is 7.99. The molecule has 0 aliphatic heterocycles. The fraction of sp³-hybridized carbons (Fsp3) is 0.211. The summed E-state index contributed by atoms with van der Waals surface area (Å²) in [6.07, 6.45) is 0.968. The Morgan fingerprint density at radius 2 is 1.83 bits per heavy atom. The van der Waals surface area contributed by atoms with E-state index in [1.54, 1.807) is 0 Å². The highest BCUT2D eigenvalue weighted by Crippen LogP contribution is 2.32. The van der Waals surface area contributed by atoms with Crippen LogP contribution in [0.1, 0.15) is 18.4 Å². The number of aromatic nitrogens is 2. The Morgan fingerprint density at radius 1 is 1.10 bits per heavy atom. The van der Waals surface area contributed by atoms with Gasteiger partial charge in [-0.05, 0) is 36.2 Å². The van der Waals surface area contributed by atoms with Crippen molar-refractivity contribution in [3.8, 4) is 5.75 Å². The highest BCUT2D eigenvalue weighted by Gasteiger charge is 2.13. The average molecular weight is 473 g/mol. The molecular formula is C19H16Cl3N3O3S. The molecule has 10 heteroatoms. The van der Waals surface area contributed by atoms with Gasteiger partial charge in [-0.3, -0.25) is 4.79 Å². The lowest BCUT2D eigenvalue weighted by Gasteiger charge is -2.08. The number of halogens is 3. The second-order valence-corrected chi connectivity index (χ2v) is 7.98. The summed E-state index contributed by atoms with van der Waals surface area (Å²) in [5.41, 5.74) is 1.61. The number of aryl methyl sites for hydroxylation is 1. The van der Waals surface area contributed by atoms with Crippen LogP contribution in [0.15, 0.2) is 46.0 Å². The van der Waals surface area contributed by atoms with Crippen LogP contribution in [0.2, 0.25) is 15.1 Å². The molecule has 0 saturated carbocycles. The lowest BCUT2D eigenvalue weighted by atomic mass is 10.2. The van der Waals surface area contributed by atoms with E-state index in [1.807, 2.05) is 24.3 Å². The maximum Gasteiger partial charge on any atom is 0.277 e. The van der Waals surface area contributed by atoms with E-state index in [4.69, 9.17) is 44.0 Å². The molecular weight excluding hydrogens is 457 g/mol. The van der Waals surface area contributed by atoms with Crippen molar-refractivity contribution in [3.05, 3.63) is 62.9 Å². The number of hydrogen-bond donors (Lipinski definition) is 1. The molecule has 2 aromatic carbocycles. The second kappa shape index (κ2) is 10.2. The predicted molar refractivity (Wildman–Crippen MR) is 115 cm³/mol. The van der Waals surface area contributed by atoms with Crippen molar-refractivity contribution in [2.24, 2.45) is 0 Å². The number of hydrogen-bond acceptors (Lipinski definition) is 6. The normalized spacial score (nSPS) is 10.8. The molecule has 0 bridgehead atoms. The monoisotopic (exact) mass is 471 g/mol. The molecule has 0 radical (unpaired) electrons. The lowest BCUT2D eigenvalue weighted by Crippen LogP contribution is -2.14. The number of amides is 1. The van der Waals surface area contributed by atoms with Gasteiger partial charge in [0, 0.05) is 0 Å². The van der Waals surface area contributed by atoms with Crippen LogP contribution in [-0.4, -0.2) is 21.9 Å². The largest absolute Gasteiger partial charge is 0.484 e. The molecule has 3 rings (SSSR count). The Kier molecular flexibility index (Phi) is 7.66. The Bertz CT molecular complexity index is 996. The first-order chi connectivity index (χ1) is 13.9. The van der Waals surface area contributed by atoms with Crippen LogP contribution in [0.25, 0.3) is 0 Å². The Morgan fingerprint density at radius 3 is 2.55 bits per heavy atom. The molecule has 0 aliphatic rings. The number of carbonyl (C=O) groups excluding carboxylic acids is 1. The van der Waals surface area contributed by atoms with Gasteiger partial charge in [0.05, 0.1) is 26.5 Å². The lowest BCUT2D eigenvalue weighted by molar-refractivity contribution is -0.113. The summed E-state index contributed by atoms with van der Waals surface area (Å²) in [6, 6.07) is 10.7. The van der Waals surface area contributed by atoms with Crippen LogP contribution in [-0.2, 0) is 17.8 Å². The molecule has 0 saturated heterocycles. The van der Waals surface area contributed by atoms with Crippen molar-refractivity contribution in [2.45, 2.75) is 25.2 Å². The molecule has 0 aliphatic carbocycles. The molecule has 29 heavy (non-hydrogen) atoms. The minimum Gasteiger partial charge on any atom is -0.484 e. The third kappa shape index (κ3) is 6.27. The zero-order chi connectivity index (χ0) is 20.8. The number of benzene rings is 2. The van der Waals surface area contributed by atoms with E-state index < -0.39 is 0 Å². The van der Waals surface area contributed by atoms with E-state index in [2.05, 4.69) is 22.4 Å². The summed E-state index contributed by atoms with van der Waals surface area (Å²) in [5.74, 6) is 0.784. The topological polar surface area (TPSA) is 77.2 Å². The Labute approximate surface area is 186 Å². The summed E-state index contributed by atoms with van der Waals surface area (Å²) < 4.78 is 11.1. The van der Waals surface area contributed by atoms with Crippen molar-refractivity contribution < 1.29 is 13.9 Å². The second-order valence-electron chi connectivity index (χ2n) is 5.83. The number of nitrogens with one attached hydrogen (secondary N) is 1. The van der Waals surface area contributed by atoms with Crippen molar-refractivity contribution in [2.75, 3.05) is 11.1 Å². The molecule has 3 aromatic rings. The maximum absolute atomic E-state index is 12.1. The fourth-order valence-electron chi connectivity index (χ4n) is 2.25. The van der Waals surface area contributed by atoms with Gasteiger partial charge < -0.3 is 14.5 Å². The van der Waals surface area contributed by atoms with Gasteiger partial charge in [-0.25, -0.2) is 0 Å². The van der Waals surface area contributed by atoms with Gasteiger partial charge in [-0.15, -0.1) is 10.2 Å². The molecule has 1 N–H and O–H groups in total. The quantitative estimate of drug-likeness (QED) is 0.325. The number of thioether (sulfide) groups is 1. The molecule has 0 atom stereocenters. The molecule has 1 aromatic heterocycles. The SMILES string of the molecule is CCc1ccc(OCc2nnc(SCC(=O)Nc3cc(Cl)c(Cl)cc3Cl)o2)cc1. The van der Waals surface area contributed by atoms with Crippen molar-refractivity contribution >= 4 is 58.2 Å². The first-order valence-electron chi connectivity index (χ1n) is 8.56. The highest BCUT2D eigenvalue weighted by atomic mass is 35.5. The van der Waals surface area contributed by atoms with Crippen LogP contribution in [0.3, 0.4) is 0 Å². The van der Waals surface area contributed by atoms with Crippen LogP contribution in [0.5, 0.6) is 5.75 Å². The maximum atomic E-state index is 12.1. The first-order valence-corrected chi connectivity index (χ1v) is 10.7. The summed E-state index contributed by atoms with van der Waals surface area (Å²) >= 11 is 19.0. The first kappa shape index (κ1) is 21.8. The fourth-order valence-corrected chi connectivity index (χ4v) is 3.43. The number of rotatable bonds is 8. The standard InChI is InChI=1S/C19H16Cl3N3O3S/c1-2-11-3-5-12(6-4-11)27-9-18-24-25-19(28-18)29-10-17(26)23-16-8-14(21)13(20)7-15(16)22/h3-8H,2,9-10H2,1H3,(H,23,26). The Balaban J connectivity index is 1.48. The minimum absolute atomic E-state index is 0.0531. The van der Waals surface area contributed by atoms with Crippen LogP contribution < -0.4 is 10.1 Å². The van der Waals surface area contributed by atoms with Gasteiger partial charge in [0.15, 0.2) is 6.61 Å². The van der Waals surface area contributed by atoms with Crippen molar-refractivity contribution in [3.63, 3.8) is 0 Å². The molecule has 6 nitrogen and oxygen atoms in total. The van der Waals surface area contributed by atoms with E-state index in [0.29, 0.717) is 32.4 Å². The van der Waals surface area contributed by atoms with Crippen LogP contribution >= 0.6 is 46.6 Å². The van der Waals surface area contributed by atoms with Gasteiger partial charge in [0.1, 0.15) is 5.75 Å². The van der Waals surface area contributed by atoms with Gasteiger partial charge in [-0.1, -0.05) is 65.6 Å². The summed E-state index contributed by atoms with van der Waals surface area (Å²) in [4.78, 5) is 12.1. The average Bonchev–Trinajstić information content (AvgIpc) is 3.17. The third-order valence-electron chi connectivity index (χ3n) is 3.75. The van der Waals surface area contributed by atoms with Crippen molar-refractivity contribution in [1.82, 2.24) is 10.2 Å². The molecule has 1 heterocycles. The van der Waals surface area contributed by atoms with Gasteiger partial charge >= 0.3 is 0 Å². The van der Waals surface area contributed by atoms with Gasteiger partial charge in [0.25, 0.3) is 11.1 Å². The number of nitrogens with zero attached hydrogens (tertiary/aromatic N) is 2. The zero-order valence-corrected chi connectivity index (χ0v) is 18.3. The van der Waals surface area contributed by atoms with Crippen LogP contribution in [0.4, 0.5) is 5.69 Å². The Hall–Kier alpha value is -1.93. The van der Waals surface area contributed by atoms with E-state index in [0.717, 1.165) is 18.2 Å². The predicted octanol–water partition coefficient (Wildman–Crippen LogP) is 5.90. The summed E-state index contributed by atoms with van der Waals surface area (Å²) in [7, 11) is 0. The van der Waals surface area contributed by atoms with Crippen molar-refractivity contribution in [1.29, 1.82) is 0 Å². The molecule has 1 amide bonds. The number of ether oxygens (including phenoxy) is 1. The number of carbonyl (C=O) groups is 1. The van der Waals surface area contributed by atoms with E-state index in [-0.39, 0.29) is 23.5 Å². The van der Waals surface area contributed by atoms with E-state index in [9.17, 15) is 4.79 Å². The van der Waals surface area contributed by atoms with E-state index in [1.165, 1.54) is 17.7 Å². The molecule has 152 valence electrons. The van der Waals surface area contributed by atoms with Gasteiger partial charge in [-0.2, -0.15) is 0 Å². The smallest absolute Gasteiger partial charge is 0.277 e. The van der Waals surface area contributed by atoms with Crippen LogP contribution in [0, 0.1) is 0 Å².